The summed E-state index contributed by atoms with van der Waals surface area (Å²) in [6.07, 6.45) is 0.316. The van der Waals surface area contributed by atoms with Gasteiger partial charge in [0.1, 0.15) is 17.1 Å². The minimum Gasteiger partial charge on any atom is -0.508 e. The van der Waals surface area contributed by atoms with E-state index in [9.17, 15) is 32.6 Å². The van der Waals surface area contributed by atoms with Crippen LogP contribution in [0.25, 0.3) is 11.1 Å². The molecule has 5 aromatic rings. The lowest BCUT2D eigenvalue weighted by atomic mass is 10.0. The minimum absolute atomic E-state index is 0.0251. The van der Waals surface area contributed by atoms with Crippen molar-refractivity contribution in [2.75, 3.05) is 23.8 Å². The number of rotatable bonds is 12. The van der Waals surface area contributed by atoms with Gasteiger partial charge in [0.25, 0.3) is 15.9 Å². The van der Waals surface area contributed by atoms with Gasteiger partial charge in [0.2, 0.25) is 0 Å². The molecule has 12 heteroatoms. The molecule has 0 fully saturated rings. The summed E-state index contributed by atoms with van der Waals surface area (Å²) < 4.78 is 53.8. The van der Waals surface area contributed by atoms with Crippen LogP contribution in [0.2, 0.25) is 0 Å². The smallest absolute Gasteiger partial charge is 0.339 e. The predicted octanol–water partition coefficient (Wildman–Crippen LogP) is 6.58. The number of methoxy groups -OCH3 is 1. The highest BCUT2D eigenvalue weighted by Gasteiger charge is 2.20. The first-order chi connectivity index (χ1) is 22.5. The van der Waals surface area contributed by atoms with Gasteiger partial charge < -0.3 is 25.0 Å². The molecule has 0 aliphatic rings. The van der Waals surface area contributed by atoms with E-state index in [1.807, 2.05) is 6.07 Å². The Morgan fingerprint density at radius 2 is 1.55 bits per heavy atom. The molecule has 1 amide bonds. The van der Waals surface area contributed by atoms with Crippen LogP contribution >= 0.6 is 0 Å². The highest BCUT2D eigenvalue weighted by molar-refractivity contribution is 7.92. The lowest BCUT2D eigenvalue weighted by Crippen LogP contribution is -2.14. The van der Waals surface area contributed by atoms with Crippen molar-refractivity contribution in [1.29, 1.82) is 0 Å². The predicted molar refractivity (Wildman–Crippen MR) is 174 cm³/mol. The van der Waals surface area contributed by atoms with Crippen LogP contribution in [0.15, 0.2) is 114 Å². The van der Waals surface area contributed by atoms with Gasteiger partial charge in [0.15, 0.2) is 11.6 Å². The Balaban J connectivity index is 1.18. The first-order valence-corrected chi connectivity index (χ1v) is 15.7. The molecule has 4 N–H and O–H groups in total. The Labute approximate surface area is 270 Å². The van der Waals surface area contributed by atoms with Gasteiger partial charge in [-0.3, -0.25) is 9.52 Å². The molecule has 0 spiro atoms. The molecule has 5 aromatic carbocycles. The van der Waals surface area contributed by atoms with Crippen LogP contribution < -0.4 is 19.5 Å². The lowest BCUT2D eigenvalue weighted by molar-refractivity contribution is 0.0692. The Morgan fingerprint density at radius 3 is 2.28 bits per heavy atom. The summed E-state index contributed by atoms with van der Waals surface area (Å²) >= 11 is 0. The Kier molecular flexibility index (Phi) is 9.71. The molecule has 240 valence electrons. The fraction of sp³-hybridized carbons (Fsp3) is 0.0857. The second-order valence-electron chi connectivity index (χ2n) is 10.3. The number of phenolic OH excluding ortho intramolecular Hbond substituents is 1. The van der Waals surface area contributed by atoms with E-state index in [1.165, 1.54) is 31.4 Å². The van der Waals surface area contributed by atoms with Crippen molar-refractivity contribution < 1.29 is 42.1 Å². The van der Waals surface area contributed by atoms with Crippen molar-refractivity contribution in [1.82, 2.24) is 0 Å². The van der Waals surface area contributed by atoms with E-state index in [-0.39, 0.29) is 45.7 Å². The highest BCUT2D eigenvalue weighted by Crippen LogP contribution is 2.27. The van der Waals surface area contributed by atoms with Crippen molar-refractivity contribution >= 4 is 33.3 Å². The molecular formula is C35H29FN2O8S. The number of hydrogen-bond acceptors (Lipinski definition) is 7. The molecule has 0 bridgehead atoms. The van der Waals surface area contributed by atoms with Gasteiger partial charge in [0, 0.05) is 29.4 Å². The number of carbonyl (C=O) groups is 2. The second-order valence-corrected chi connectivity index (χ2v) is 12.0. The van der Waals surface area contributed by atoms with Crippen molar-refractivity contribution in [3.8, 4) is 28.4 Å². The number of anilines is 2. The quantitative estimate of drug-likeness (QED) is 0.118. The second kappa shape index (κ2) is 14.0. The monoisotopic (exact) mass is 656 g/mol. The summed E-state index contributed by atoms with van der Waals surface area (Å²) in [5.41, 5.74) is 2.86. The first kappa shape index (κ1) is 32.5. The van der Waals surface area contributed by atoms with Crippen LogP contribution in [0.3, 0.4) is 0 Å². The minimum atomic E-state index is -4.12. The highest BCUT2D eigenvalue weighted by atomic mass is 32.2. The fourth-order valence-corrected chi connectivity index (χ4v) is 5.77. The van der Waals surface area contributed by atoms with Crippen LogP contribution in [0.1, 0.15) is 26.3 Å². The molecular weight excluding hydrogens is 627 g/mol. The molecule has 5 rings (SSSR count). The SMILES string of the molecule is COc1ccc(S(=O)(=O)Nc2cccc(CCOc3ccc(NC(=O)c4cccc(-c5ccc(O)cc5)c4)cc3F)c2)cc1C(=O)O. The number of carboxylic acid groups (broad SMARTS) is 1. The zero-order valence-corrected chi connectivity index (χ0v) is 25.8. The first-order valence-electron chi connectivity index (χ1n) is 14.2. The third-order valence-corrected chi connectivity index (χ3v) is 8.43. The van der Waals surface area contributed by atoms with Crippen LogP contribution in [0.5, 0.6) is 17.2 Å². The summed E-state index contributed by atoms with van der Waals surface area (Å²) in [6, 6.07) is 27.6. The zero-order valence-electron chi connectivity index (χ0n) is 24.9. The lowest BCUT2D eigenvalue weighted by Gasteiger charge is -2.12. The van der Waals surface area contributed by atoms with Gasteiger partial charge in [0.05, 0.1) is 18.6 Å². The molecule has 0 aliphatic heterocycles. The molecule has 0 heterocycles. The van der Waals surface area contributed by atoms with E-state index in [2.05, 4.69) is 10.0 Å². The van der Waals surface area contributed by atoms with E-state index < -0.39 is 27.7 Å². The van der Waals surface area contributed by atoms with E-state index in [4.69, 9.17) is 9.47 Å². The number of benzene rings is 5. The number of aromatic hydroxyl groups is 1. The van der Waals surface area contributed by atoms with Crippen molar-refractivity contribution in [3.63, 3.8) is 0 Å². The average molecular weight is 657 g/mol. The standard InChI is InChI=1S/C35H29FN2O8S/c1-45-32-15-13-29(21-30(32)35(41)42)47(43,44)38-27-7-2-4-22(18-27)16-17-46-33-14-10-26(20-31(33)36)37-34(40)25-6-3-5-24(19-25)23-8-11-28(39)12-9-23/h2-15,18-21,38-39H,16-17H2,1H3,(H,37,40)(H,41,42). The number of carboxylic acids is 1. The number of aromatic carboxylic acids is 1. The number of carbonyl (C=O) groups excluding carboxylic acids is 1. The average Bonchev–Trinajstić information content (AvgIpc) is 3.05. The molecule has 0 unspecified atom stereocenters. The van der Waals surface area contributed by atoms with E-state index >= 15 is 0 Å². The van der Waals surface area contributed by atoms with Crippen LogP contribution in [-0.2, 0) is 16.4 Å². The Hall–Kier alpha value is -5.88. The fourth-order valence-electron chi connectivity index (χ4n) is 4.70. The molecule has 10 nitrogen and oxygen atoms in total. The summed E-state index contributed by atoms with van der Waals surface area (Å²) in [5.74, 6) is -2.29. The van der Waals surface area contributed by atoms with Crippen molar-refractivity contribution in [3.05, 3.63) is 132 Å². The van der Waals surface area contributed by atoms with Gasteiger partial charge in [-0.1, -0.05) is 36.4 Å². The number of halogens is 1. The molecule has 0 saturated heterocycles. The van der Waals surface area contributed by atoms with Crippen molar-refractivity contribution in [2.24, 2.45) is 0 Å². The summed E-state index contributed by atoms with van der Waals surface area (Å²) in [6.45, 7) is 0.0728. The molecule has 0 saturated carbocycles. The maximum absolute atomic E-state index is 14.9. The largest absolute Gasteiger partial charge is 0.508 e. The summed E-state index contributed by atoms with van der Waals surface area (Å²) in [7, 11) is -2.83. The number of ether oxygens (including phenoxy) is 2. The van der Waals surface area contributed by atoms with Crippen LogP contribution in [0.4, 0.5) is 15.8 Å². The number of phenols is 1. The number of hydrogen-bond donors (Lipinski definition) is 4. The van der Waals surface area contributed by atoms with Gasteiger partial charge in [-0.25, -0.2) is 17.6 Å². The summed E-state index contributed by atoms with van der Waals surface area (Å²) in [4.78, 5) is 24.1. The Bertz CT molecular complexity index is 2050. The molecule has 0 aromatic heterocycles. The molecule has 0 atom stereocenters. The number of amides is 1. The van der Waals surface area contributed by atoms with E-state index in [0.717, 1.165) is 23.3 Å². The molecule has 0 radical (unpaired) electrons. The third-order valence-electron chi connectivity index (χ3n) is 7.05. The topological polar surface area (TPSA) is 151 Å². The van der Waals surface area contributed by atoms with E-state index in [1.54, 1.807) is 66.7 Å². The van der Waals surface area contributed by atoms with Crippen LogP contribution in [-0.4, -0.2) is 44.2 Å². The van der Waals surface area contributed by atoms with Crippen molar-refractivity contribution in [2.45, 2.75) is 11.3 Å². The van der Waals surface area contributed by atoms with Gasteiger partial charge in [-0.2, -0.15) is 0 Å². The number of nitrogens with one attached hydrogen (secondary N) is 2. The third kappa shape index (κ3) is 8.05. The molecule has 47 heavy (non-hydrogen) atoms. The van der Waals surface area contributed by atoms with E-state index in [0.29, 0.717) is 17.5 Å². The van der Waals surface area contributed by atoms with Gasteiger partial charge in [-0.05, 0) is 83.4 Å². The maximum atomic E-state index is 14.9. The summed E-state index contributed by atoms with van der Waals surface area (Å²) in [5, 5.41) is 21.6. The van der Waals surface area contributed by atoms with Crippen LogP contribution in [0, 0.1) is 5.82 Å². The zero-order chi connectivity index (χ0) is 33.6. The maximum Gasteiger partial charge on any atom is 0.339 e. The molecule has 0 aliphatic carbocycles. The van der Waals surface area contributed by atoms with Gasteiger partial charge >= 0.3 is 5.97 Å². The number of sulfonamides is 1. The Morgan fingerprint density at radius 1 is 0.809 bits per heavy atom. The van der Waals surface area contributed by atoms with Gasteiger partial charge in [-0.15, -0.1) is 0 Å². The normalized spacial score (nSPS) is 11.0.